The summed E-state index contributed by atoms with van der Waals surface area (Å²) in [5.41, 5.74) is 2.02. The Labute approximate surface area is 108 Å². The van der Waals surface area contributed by atoms with Gasteiger partial charge in [0.15, 0.2) is 5.69 Å². The van der Waals surface area contributed by atoms with Crippen LogP contribution in [0, 0.1) is 13.8 Å². The highest BCUT2D eigenvalue weighted by Crippen LogP contribution is 2.19. The topological polar surface area (TPSA) is 68.0 Å². The van der Waals surface area contributed by atoms with Crippen LogP contribution in [0.2, 0.25) is 0 Å². The van der Waals surface area contributed by atoms with Crippen molar-refractivity contribution in [3.05, 3.63) is 33.0 Å². The quantitative estimate of drug-likeness (QED) is 0.923. The molecular formula is C12H13N3O2S. The maximum absolute atomic E-state index is 10.9. The van der Waals surface area contributed by atoms with E-state index in [0.29, 0.717) is 9.88 Å². The summed E-state index contributed by atoms with van der Waals surface area (Å²) in [6.07, 6.45) is 3.68. The maximum atomic E-state index is 10.9. The zero-order valence-corrected chi connectivity index (χ0v) is 11.2. The molecule has 0 saturated carbocycles. The van der Waals surface area contributed by atoms with Crippen molar-refractivity contribution in [2.75, 3.05) is 0 Å². The molecule has 0 unspecified atom stereocenters. The Morgan fingerprint density at radius 3 is 2.67 bits per heavy atom. The predicted molar refractivity (Wildman–Crippen MR) is 70.7 cm³/mol. The highest BCUT2D eigenvalue weighted by atomic mass is 32.1. The predicted octanol–water partition coefficient (Wildman–Crippen LogP) is 2.36. The molecule has 18 heavy (non-hydrogen) atoms. The number of hydrogen-bond acceptors (Lipinski definition) is 4. The number of aromatic nitrogens is 3. The number of carboxylic acid groups (broad SMARTS) is 1. The van der Waals surface area contributed by atoms with Gasteiger partial charge in [-0.3, -0.25) is 4.68 Å². The number of hydrogen-bond donors (Lipinski definition) is 1. The summed E-state index contributed by atoms with van der Waals surface area (Å²) >= 11 is 1.37. The molecule has 2 heterocycles. The van der Waals surface area contributed by atoms with Crippen molar-refractivity contribution < 1.29 is 9.90 Å². The van der Waals surface area contributed by atoms with E-state index < -0.39 is 5.97 Å². The van der Waals surface area contributed by atoms with Gasteiger partial charge in [0.1, 0.15) is 5.01 Å². The van der Waals surface area contributed by atoms with Crippen LogP contribution in [0.4, 0.5) is 0 Å². The van der Waals surface area contributed by atoms with Crippen LogP contribution in [0.15, 0.2) is 6.07 Å². The monoisotopic (exact) mass is 263 g/mol. The van der Waals surface area contributed by atoms with Crippen LogP contribution in [-0.2, 0) is 7.05 Å². The number of carboxylic acids is 1. The third-order valence-corrected chi connectivity index (χ3v) is 3.39. The Balaban J connectivity index is 2.26. The number of carbonyl (C=O) groups is 1. The molecule has 94 valence electrons. The molecule has 6 heteroatoms. The first kappa shape index (κ1) is 12.5. The second kappa shape index (κ2) is 4.73. The van der Waals surface area contributed by atoms with Crippen molar-refractivity contribution >= 4 is 29.5 Å². The minimum Gasteiger partial charge on any atom is -0.476 e. The molecule has 0 aliphatic rings. The van der Waals surface area contributed by atoms with Gasteiger partial charge in [-0.25, -0.2) is 9.78 Å². The van der Waals surface area contributed by atoms with Gasteiger partial charge >= 0.3 is 5.97 Å². The fraction of sp³-hybridized carbons (Fsp3) is 0.250. The first-order valence-electron chi connectivity index (χ1n) is 5.37. The molecule has 0 atom stereocenters. The van der Waals surface area contributed by atoms with Gasteiger partial charge in [-0.05, 0) is 32.1 Å². The first-order valence-corrected chi connectivity index (χ1v) is 6.18. The average molecular weight is 263 g/mol. The minimum absolute atomic E-state index is 0.126. The van der Waals surface area contributed by atoms with E-state index in [1.165, 1.54) is 11.3 Å². The standard InChI is InChI=1S/C12H13N3O2S/c1-7-6-9(15(3)14-7)4-5-10-13-11(12(16)17)8(2)18-10/h4-6H,1-3H3,(H,16,17)/b5-4+. The Hall–Kier alpha value is -1.95. The molecule has 2 aromatic heterocycles. The van der Waals surface area contributed by atoms with Crippen LogP contribution in [-0.4, -0.2) is 25.8 Å². The molecule has 0 saturated heterocycles. The van der Waals surface area contributed by atoms with Crippen LogP contribution >= 0.6 is 11.3 Å². The van der Waals surface area contributed by atoms with Crippen molar-refractivity contribution in [1.82, 2.24) is 14.8 Å². The second-order valence-corrected chi connectivity index (χ2v) is 5.16. The van der Waals surface area contributed by atoms with E-state index in [-0.39, 0.29) is 5.69 Å². The largest absolute Gasteiger partial charge is 0.476 e. The number of rotatable bonds is 3. The van der Waals surface area contributed by atoms with Crippen molar-refractivity contribution in [2.45, 2.75) is 13.8 Å². The molecule has 0 spiro atoms. The van der Waals surface area contributed by atoms with Crippen molar-refractivity contribution in [3.63, 3.8) is 0 Å². The summed E-state index contributed by atoms with van der Waals surface area (Å²) in [6.45, 7) is 3.68. The van der Waals surface area contributed by atoms with Crippen molar-refractivity contribution in [3.8, 4) is 0 Å². The molecule has 0 aliphatic heterocycles. The van der Waals surface area contributed by atoms with E-state index in [2.05, 4.69) is 10.1 Å². The zero-order valence-electron chi connectivity index (χ0n) is 10.3. The Morgan fingerprint density at radius 2 is 2.17 bits per heavy atom. The number of aryl methyl sites for hydroxylation is 3. The van der Waals surface area contributed by atoms with Crippen molar-refractivity contribution in [2.24, 2.45) is 7.05 Å². The Bertz CT molecular complexity index is 625. The average Bonchev–Trinajstić information content (AvgIpc) is 2.79. The van der Waals surface area contributed by atoms with Crippen LogP contribution in [0.25, 0.3) is 12.2 Å². The van der Waals surface area contributed by atoms with Gasteiger partial charge in [0.2, 0.25) is 0 Å². The zero-order chi connectivity index (χ0) is 13.3. The van der Waals surface area contributed by atoms with Crippen LogP contribution < -0.4 is 0 Å². The van der Waals surface area contributed by atoms with Crippen molar-refractivity contribution in [1.29, 1.82) is 0 Å². The normalized spacial score (nSPS) is 11.3. The molecule has 0 aromatic carbocycles. The Kier molecular flexibility index (Phi) is 3.29. The fourth-order valence-corrected chi connectivity index (χ4v) is 2.45. The summed E-state index contributed by atoms with van der Waals surface area (Å²) in [4.78, 5) is 15.6. The third kappa shape index (κ3) is 2.48. The van der Waals surface area contributed by atoms with Crippen LogP contribution in [0.5, 0.6) is 0 Å². The van der Waals surface area contributed by atoms with Gasteiger partial charge in [-0.1, -0.05) is 0 Å². The summed E-state index contributed by atoms with van der Waals surface area (Å²) < 4.78 is 1.77. The SMILES string of the molecule is Cc1cc(/C=C/c2nc(C(=O)O)c(C)s2)n(C)n1. The summed E-state index contributed by atoms with van der Waals surface area (Å²) in [5, 5.41) is 13.8. The molecule has 0 aliphatic carbocycles. The molecule has 0 bridgehead atoms. The molecule has 0 amide bonds. The summed E-state index contributed by atoms with van der Waals surface area (Å²) in [7, 11) is 1.86. The lowest BCUT2D eigenvalue weighted by molar-refractivity contribution is 0.0690. The van der Waals surface area contributed by atoms with E-state index in [1.807, 2.05) is 26.1 Å². The molecule has 2 aromatic rings. The van der Waals surface area contributed by atoms with E-state index in [0.717, 1.165) is 11.4 Å². The number of nitrogens with zero attached hydrogens (tertiary/aromatic N) is 3. The molecule has 1 N–H and O–H groups in total. The first-order chi connectivity index (χ1) is 8.47. The van der Waals surface area contributed by atoms with E-state index >= 15 is 0 Å². The molecule has 0 fully saturated rings. The number of aromatic carboxylic acids is 1. The molecule has 5 nitrogen and oxygen atoms in total. The van der Waals surface area contributed by atoms with E-state index in [1.54, 1.807) is 17.7 Å². The second-order valence-electron chi connectivity index (χ2n) is 3.93. The number of thiazole rings is 1. The minimum atomic E-state index is -0.986. The van der Waals surface area contributed by atoms with Crippen LogP contribution in [0.1, 0.15) is 31.8 Å². The van der Waals surface area contributed by atoms with Crippen LogP contribution in [0.3, 0.4) is 0 Å². The van der Waals surface area contributed by atoms with Gasteiger partial charge in [0.25, 0.3) is 0 Å². The smallest absolute Gasteiger partial charge is 0.355 e. The lowest BCUT2D eigenvalue weighted by Gasteiger charge is -1.91. The molecular weight excluding hydrogens is 250 g/mol. The molecule has 0 radical (unpaired) electrons. The van der Waals surface area contributed by atoms with E-state index in [4.69, 9.17) is 5.11 Å². The lowest BCUT2D eigenvalue weighted by atomic mass is 10.3. The maximum Gasteiger partial charge on any atom is 0.355 e. The van der Waals surface area contributed by atoms with Gasteiger partial charge < -0.3 is 5.11 Å². The fourth-order valence-electron chi connectivity index (χ4n) is 1.63. The van der Waals surface area contributed by atoms with Gasteiger partial charge in [-0.15, -0.1) is 11.3 Å². The van der Waals surface area contributed by atoms with Gasteiger partial charge in [-0.2, -0.15) is 5.10 Å². The summed E-state index contributed by atoms with van der Waals surface area (Å²) in [5.74, 6) is -0.986. The van der Waals surface area contributed by atoms with Gasteiger partial charge in [0, 0.05) is 11.9 Å². The van der Waals surface area contributed by atoms with Gasteiger partial charge in [0.05, 0.1) is 11.4 Å². The Morgan fingerprint density at radius 1 is 1.44 bits per heavy atom. The third-order valence-electron chi connectivity index (χ3n) is 2.45. The van der Waals surface area contributed by atoms with E-state index in [9.17, 15) is 4.79 Å². The molecule has 2 rings (SSSR count). The highest BCUT2D eigenvalue weighted by Gasteiger charge is 2.12. The lowest BCUT2D eigenvalue weighted by Crippen LogP contribution is -1.98. The summed E-state index contributed by atoms with van der Waals surface area (Å²) in [6, 6.07) is 1.95. The highest BCUT2D eigenvalue weighted by molar-refractivity contribution is 7.12.